The van der Waals surface area contributed by atoms with Crippen LogP contribution >= 0.6 is 0 Å². The molecule has 0 aliphatic rings. The fourth-order valence-corrected chi connectivity index (χ4v) is 1.74. The number of nitrogens with two attached hydrogens (primary N) is 1. The van der Waals surface area contributed by atoms with Gasteiger partial charge in [-0.3, -0.25) is 0 Å². The van der Waals surface area contributed by atoms with Crippen LogP contribution < -0.4 is 5.14 Å². The summed E-state index contributed by atoms with van der Waals surface area (Å²) in [6.45, 7) is 0. The van der Waals surface area contributed by atoms with Gasteiger partial charge in [0.15, 0.2) is 5.65 Å². The largest absolute Gasteiger partial charge is 0.260 e. The van der Waals surface area contributed by atoms with Crippen molar-refractivity contribution in [3.63, 3.8) is 0 Å². The molecule has 8 heteroatoms. The molecule has 2 heterocycles. The van der Waals surface area contributed by atoms with Crippen LogP contribution in [0.4, 0.5) is 4.39 Å². The standard InChI is InChI=1S/C6H5FN4O2S/c7-5-6(14(8,12)13)11-4(10-5)2-1-3-9-11/h1-3H,(H2,8,12,13). The summed E-state index contributed by atoms with van der Waals surface area (Å²) in [5.74, 6) is -1.15. The van der Waals surface area contributed by atoms with Crippen LogP contribution in [0.25, 0.3) is 5.65 Å². The molecule has 2 aromatic rings. The smallest absolute Gasteiger partial charge is 0.223 e. The third-order valence-corrected chi connectivity index (χ3v) is 2.46. The first-order valence-electron chi connectivity index (χ1n) is 3.52. The maximum Gasteiger partial charge on any atom is 0.260 e. The third kappa shape index (κ3) is 1.24. The Balaban J connectivity index is 2.95. The maximum absolute atomic E-state index is 13.1. The van der Waals surface area contributed by atoms with Gasteiger partial charge in [0.25, 0.3) is 16.0 Å². The first-order chi connectivity index (χ1) is 6.50. The van der Waals surface area contributed by atoms with Crippen LogP contribution in [0.15, 0.2) is 23.4 Å². The van der Waals surface area contributed by atoms with E-state index in [0.717, 1.165) is 4.52 Å². The van der Waals surface area contributed by atoms with E-state index in [1.165, 1.54) is 18.3 Å². The second-order valence-corrected chi connectivity index (χ2v) is 4.02. The number of hydrogen-bond acceptors (Lipinski definition) is 4. The van der Waals surface area contributed by atoms with Crippen molar-refractivity contribution >= 4 is 15.7 Å². The molecule has 2 rings (SSSR count). The number of nitrogens with zero attached hydrogens (tertiary/aromatic N) is 3. The van der Waals surface area contributed by atoms with Crippen molar-refractivity contribution in [2.24, 2.45) is 5.14 Å². The van der Waals surface area contributed by atoms with Crippen LogP contribution in [0, 0.1) is 5.95 Å². The molecule has 2 aromatic heterocycles. The predicted octanol–water partition coefficient (Wildman–Crippen LogP) is -0.484. The number of fused-ring (bicyclic) bond motifs is 1. The van der Waals surface area contributed by atoms with Crippen molar-refractivity contribution in [3.05, 3.63) is 24.3 Å². The molecule has 0 aliphatic carbocycles. The highest BCUT2D eigenvalue weighted by molar-refractivity contribution is 7.89. The molecule has 74 valence electrons. The Labute approximate surface area is 78.2 Å². The van der Waals surface area contributed by atoms with Gasteiger partial charge in [0.05, 0.1) is 0 Å². The van der Waals surface area contributed by atoms with Crippen LogP contribution in [-0.4, -0.2) is 23.0 Å². The quantitative estimate of drug-likeness (QED) is 0.696. The summed E-state index contributed by atoms with van der Waals surface area (Å²) in [7, 11) is -4.15. The molecule has 0 aromatic carbocycles. The van der Waals surface area contributed by atoms with Gasteiger partial charge in [-0.05, 0) is 12.1 Å². The van der Waals surface area contributed by atoms with E-state index in [9.17, 15) is 12.8 Å². The normalized spacial score (nSPS) is 12.1. The number of rotatable bonds is 1. The number of hydrogen-bond donors (Lipinski definition) is 1. The van der Waals surface area contributed by atoms with Gasteiger partial charge in [0.2, 0.25) is 5.03 Å². The zero-order valence-electron chi connectivity index (χ0n) is 6.75. The number of imidazole rings is 1. The summed E-state index contributed by atoms with van der Waals surface area (Å²) < 4.78 is 35.8. The summed E-state index contributed by atoms with van der Waals surface area (Å²) in [6.07, 6.45) is 1.31. The zero-order chi connectivity index (χ0) is 10.3. The van der Waals surface area contributed by atoms with Gasteiger partial charge in [0, 0.05) is 6.20 Å². The van der Waals surface area contributed by atoms with Crippen LogP contribution in [-0.2, 0) is 10.0 Å². The molecule has 6 nitrogen and oxygen atoms in total. The molecule has 0 atom stereocenters. The Kier molecular flexibility index (Phi) is 1.76. The topological polar surface area (TPSA) is 90.4 Å². The lowest BCUT2D eigenvalue weighted by Crippen LogP contribution is -2.16. The van der Waals surface area contributed by atoms with E-state index >= 15 is 0 Å². The van der Waals surface area contributed by atoms with Crippen LogP contribution in [0.5, 0.6) is 0 Å². The van der Waals surface area contributed by atoms with Gasteiger partial charge in [-0.15, -0.1) is 0 Å². The fraction of sp³-hybridized carbons (Fsp3) is 0. The molecular formula is C6H5FN4O2S. The molecule has 0 aliphatic heterocycles. The van der Waals surface area contributed by atoms with Crippen molar-refractivity contribution in [1.82, 2.24) is 14.6 Å². The van der Waals surface area contributed by atoms with Crippen LogP contribution in [0.1, 0.15) is 0 Å². The lowest BCUT2D eigenvalue weighted by atomic mass is 10.6. The summed E-state index contributed by atoms with van der Waals surface area (Å²) in [5.41, 5.74) is 0.0917. The molecule has 0 spiro atoms. The van der Waals surface area contributed by atoms with E-state index in [-0.39, 0.29) is 5.65 Å². The SMILES string of the molecule is NS(=O)(=O)c1c(F)nc2cccnn12. The Morgan fingerprint density at radius 1 is 1.50 bits per heavy atom. The first-order valence-corrected chi connectivity index (χ1v) is 5.07. The average Bonchev–Trinajstić information content (AvgIpc) is 2.38. The highest BCUT2D eigenvalue weighted by Gasteiger charge is 2.22. The van der Waals surface area contributed by atoms with E-state index in [1.807, 2.05) is 0 Å². The van der Waals surface area contributed by atoms with Gasteiger partial charge < -0.3 is 0 Å². The highest BCUT2D eigenvalue weighted by Crippen LogP contribution is 2.13. The number of halogens is 1. The van der Waals surface area contributed by atoms with Crippen molar-refractivity contribution in [2.75, 3.05) is 0 Å². The maximum atomic E-state index is 13.1. The van der Waals surface area contributed by atoms with Gasteiger partial charge >= 0.3 is 0 Å². The number of primary sulfonamides is 1. The van der Waals surface area contributed by atoms with E-state index in [4.69, 9.17) is 5.14 Å². The highest BCUT2D eigenvalue weighted by atomic mass is 32.2. The van der Waals surface area contributed by atoms with Gasteiger partial charge in [-0.1, -0.05) is 0 Å². The molecule has 14 heavy (non-hydrogen) atoms. The molecular weight excluding hydrogens is 211 g/mol. The minimum absolute atomic E-state index is 0.0917. The minimum Gasteiger partial charge on any atom is -0.223 e. The van der Waals surface area contributed by atoms with Crippen molar-refractivity contribution < 1.29 is 12.8 Å². The van der Waals surface area contributed by atoms with E-state index < -0.39 is 21.0 Å². The fourth-order valence-electron chi connectivity index (χ4n) is 1.08. The Bertz CT molecular complexity index is 591. The van der Waals surface area contributed by atoms with E-state index in [2.05, 4.69) is 10.1 Å². The van der Waals surface area contributed by atoms with E-state index in [0.29, 0.717) is 0 Å². The Morgan fingerprint density at radius 2 is 2.21 bits per heavy atom. The van der Waals surface area contributed by atoms with Crippen LogP contribution in [0.3, 0.4) is 0 Å². The van der Waals surface area contributed by atoms with Gasteiger partial charge in [-0.25, -0.2) is 13.6 Å². The molecule has 0 saturated heterocycles. The predicted molar refractivity (Wildman–Crippen MR) is 44.3 cm³/mol. The molecule has 0 fully saturated rings. The van der Waals surface area contributed by atoms with Crippen LogP contribution in [0.2, 0.25) is 0 Å². The molecule has 0 saturated carbocycles. The second kappa shape index (κ2) is 2.72. The molecule has 0 radical (unpaired) electrons. The molecule has 0 unspecified atom stereocenters. The summed E-state index contributed by atoms with van der Waals surface area (Å²) in [6, 6.07) is 2.93. The zero-order valence-corrected chi connectivity index (χ0v) is 7.57. The lowest BCUT2D eigenvalue weighted by molar-refractivity contribution is 0.534. The Hall–Kier alpha value is -1.54. The third-order valence-electron chi connectivity index (χ3n) is 1.58. The van der Waals surface area contributed by atoms with E-state index in [1.54, 1.807) is 0 Å². The molecule has 0 amide bonds. The van der Waals surface area contributed by atoms with Crippen molar-refractivity contribution in [2.45, 2.75) is 5.03 Å². The summed E-state index contributed by atoms with van der Waals surface area (Å²) in [5, 5.41) is 7.69. The minimum atomic E-state index is -4.15. The lowest BCUT2D eigenvalue weighted by Gasteiger charge is -1.95. The Morgan fingerprint density at radius 3 is 2.86 bits per heavy atom. The molecule has 0 bridgehead atoms. The summed E-state index contributed by atoms with van der Waals surface area (Å²) in [4.78, 5) is 3.35. The number of sulfonamides is 1. The van der Waals surface area contributed by atoms with Gasteiger partial charge in [0.1, 0.15) is 0 Å². The molecule has 2 N–H and O–H groups in total. The second-order valence-electron chi connectivity index (χ2n) is 2.55. The van der Waals surface area contributed by atoms with Crippen molar-refractivity contribution in [3.8, 4) is 0 Å². The van der Waals surface area contributed by atoms with Crippen molar-refractivity contribution in [1.29, 1.82) is 0 Å². The average molecular weight is 216 g/mol. The van der Waals surface area contributed by atoms with Gasteiger partial charge in [-0.2, -0.15) is 19.0 Å². The monoisotopic (exact) mass is 216 g/mol. The summed E-state index contributed by atoms with van der Waals surface area (Å²) >= 11 is 0. The first kappa shape index (κ1) is 9.03. The number of aromatic nitrogens is 3.